The average Bonchev–Trinajstić information content (AvgIpc) is 0.771. The maximum Gasteiger partial charge on any atom is 1.00 e. The summed E-state index contributed by atoms with van der Waals surface area (Å²) >= 11 is 11.3. The number of carbonyl (C=O) groups excluding carboxylic acids is 9. The summed E-state index contributed by atoms with van der Waals surface area (Å²) in [5.41, 5.74) is 5.19. The number of carbonyl (C=O) groups is 11. The molecule has 0 radical (unpaired) electrons. The van der Waals surface area contributed by atoms with Crippen LogP contribution in [0.25, 0.3) is 0 Å². The molecule has 6 aromatic heterocycles. The van der Waals surface area contributed by atoms with E-state index in [0.717, 1.165) is 56.6 Å². The molecular formula is C86H122Br2ClKN6O21. The monoisotopic (exact) mass is 1810 g/mol. The second kappa shape index (κ2) is 69.0. The van der Waals surface area contributed by atoms with Crippen LogP contribution in [0, 0.1) is 58.3 Å². The number of nitrogens with zero attached hydrogens (tertiary/aromatic N) is 6. The Bertz CT molecular complexity index is 3710. The van der Waals surface area contributed by atoms with Crippen LogP contribution in [-0.4, -0.2) is 157 Å². The van der Waals surface area contributed by atoms with Crippen molar-refractivity contribution in [3.8, 4) is 0 Å². The number of esters is 6. The zero-order chi connectivity index (χ0) is 88.9. The van der Waals surface area contributed by atoms with Gasteiger partial charge in [-0.1, -0.05) is 108 Å². The van der Waals surface area contributed by atoms with E-state index in [-0.39, 0.29) is 108 Å². The van der Waals surface area contributed by atoms with Crippen LogP contribution in [0.15, 0.2) is 121 Å². The fraction of sp³-hybridized carbons (Fsp3) is 0.523. The molecule has 31 heteroatoms. The summed E-state index contributed by atoms with van der Waals surface area (Å²) in [4.78, 5) is 148. The molecule has 6 rings (SSSR count). The van der Waals surface area contributed by atoms with E-state index < -0.39 is 82.8 Å². The molecule has 0 amide bonds. The van der Waals surface area contributed by atoms with Crippen LogP contribution in [-0.2, 0) is 81.7 Å². The van der Waals surface area contributed by atoms with Gasteiger partial charge >= 0.3 is 105 Å². The molecule has 0 aliphatic heterocycles. The number of alkyl halides is 1. The molecule has 0 spiro atoms. The van der Waals surface area contributed by atoms with E-state index in [1.807, 2.05) is 97.1 Å². The Morgan fingerprint density at radius 1 is 0.444 bits per heavy atom. The first-order valence-corrected chi connectivity index (χ1v) is 40.8. The molecule has 0 saturated carbocycles. The zero-order valence-corrected chi connectivity index (χ0v) is 79.1. The Kier molecular flexibility index (Phi) is 68.1. The molecule has 644 valence electrons. The van der Waals surface area contributed by atoms with E-state index in [0.29, 0.717) is 73.7 Å². The summed E-state index contributed by atoms with van der Waals surface area (Å²) in [5.74, 6) is -6.61. The first kappa shape index (κ1) is 115. The van der Waals surface area contributed by atoms with Gasteiger partial charge in [0.05, 0.1) is 93.2 Å². The Morgan fingerprint density at radius 3 is 1.12 bits per heavy atom. The summed E-state index contributed by atoms with van der Waals surface area (Å²) < 4.78 is 34.4. The predicted octanol–water partition coefficient (Wildman–Crippen LogP) is 13.7. The quantitative estimate of drug-likeness (QED) is 0.00735. The third-order valence-corrected chi connectivity index (χ3v) is 16.3. The molecule has 2 N–H and O–H groups in total. The van der Waals surface area contributed by atoms with E-state index in [1.165, 1.54) is 24.2 Å². The SMILES string of the molecule is CC(C)CCBr.CCOC(=O)C(C(=O)OCC)c1ccc(C)cn1.CCOC(=O)C(CCC(C)C)(C(=O)OCC)c1ccc(C)cn1.CCOC(=O)CC(=O)C(CCC(C)C)c1ccc(C)cn1.CCOC(=O)CC(=O)[O-].CCOC(=O)Cl.Cc1ccc(Br)nc1.Cc1ccc(C(CCC(C)C)C(=O)O)nc1.O=C(O)c1ccccn1.[K+]. The van der Waals surface area contributed by atoms with Crippen LogP contribution in [0.3, 0.4) is 0 Å². The van der Waals surface area contributed by atoms with E-state index in [9.17, 15) is 57.8 Å². The number of rotatable bonds is 33. The van der Waals surface area contributed by atoms with E-state index >= 15 is 0 Å². The molecular weight excluding hydrogens is 1690 g/mol. The van der Waals surface area contributed by atoms with Gasteiger partial charge in [-0.15, -0.1) is 0 Å². The van der Waals surface area contributed by atoms with Crippen LogP contribution in [0.5, 0.6) is 0 Å². The van der Waals surface area contributed by atoms with Crippen molar-refractivity contribution in [3.63, 3.8) is 0 Å². The van der Waals surface area contributed by atoms with Gasteiger partial charge in [0.15, 0.2) is 11.7 Å². The molecule has 0 saturated heterocycles. The summed E-state index contributed by atoms with van der Waals surface area (Å²) in [7, 11) is 0. The van der Waals surface area contributed by atoms with Crippen molar-refractivity contribution in [2.24, 2.45) is 23.7 Å². The number of ether oxygens (including phenoxy) is 7. The number of halogens is 3. The van der Waals surface area contributed by atoms with Crippen LogP contribution < -0.4 is 56.5 Å². The average molecular weight is 1810 g/mol. The number of aromatic carboxylic acids is 1. The number of hydrogen-bond donors (Lipinski definition) is 2. The molecule has 0 aliphatic rings. The summed E-state index contributed by atoms with van der Waals surface area (Å²) in [5, 5.41) is 28.3. The van der Waals surface area contributed by atoms with Crippen molar-refractivity contribution in [1.29, 1.82) is 0 Å². The van der Waals surface area contributed by atoms with E-state index in [2.05, 4.69) is 113 Å². The Balaban J connectivity index is -0.000000635. The van der Waals surface area contributed by atoms with Gasteiger partial charge < -0.3 is 53.3 Å². The number of aryl methyl sites for hydroxylation is 5. The normalized spacial score (nSPS) is 10.6. The van der Waals surface area contributed by atoms with Gasteiger partial charge in [0, 0.05) is 54.1 Å². The topological polar surface area (TPSA) is 393 Å². The molecule has 2 atom stereocenters. The molecule has 6 heterocycles. The fourth-order valence-electron chi connectivity index (χ4n) is 9.12. The summed E-state index contributed by atoms with van der Waals surface area (Å²) in [6.45, 7) is 40.2. The van der Waals surface area contributed by atoms with Gasteiger partial charge in [-0.3, -0.25) is 58.3 Å². The van der Waals surface area contributed by atoms with Crippen molar-refractivity contribution in [3.05, 3.63) is 177 Å². The number of aromatic nitrogens is 6. The number of hydrogen-bond acceptors (Lipinski definition) is 25. The van der Waals surface area contributed by atoms with Gasteiger partial charge in [-0.05, 0) is 238 Å². The Hall–Kier alpha value is -7.84. The largest absolute Gasteiger partial charge is 1.00 e. The summed E-state index contributed by atoms with van der Waals surface area (Å²) in [6, 6.07) is 23.2. The number of pyridine rings is 6. The molecule has 27 nitrogen and oxygen atoms in total. The smallest absolute Gasteiger partial charge is 0.550 e. The standard InChI is InChI=1S/C18H27NO4.C17H25NO3.C13H17NO4.C13H19NO2.C6H6BrN.C6H5NO2.C5H11Br.C5H8O4.C3H5ClO2.K/c1-6-22-16(20)18(11-10-13(3)4,17(21)23-7-2)15-9-8-14(5)12-19-15;1-5-21-17(20)10-16(19)14(8-6-12(2)3)15-9-7-13(4)11-18-15;1-4-17-12(15)11(13(16)18-5-2)10-7-6-9(3)8-14-10;1-9(2)4-6-11(13(15)16)12-7-5-10(3)8-14-12;1-5-2-3-6(7)8-4-5;8-6(9)5-3-1-2-4-7-5;1-5(2)3-4-6;1-2-9-5(8)3-4(6)7;1-2-6-3(4)5;/h8-9,12-13H,6-7,10-11H2,1-5H3;7,9,11-12,14H,5-6,8,10H2,1-4H3;6-8,11H,4-5H2,1-3H3;5,7-9,11H,4,6H2,1-3H3,(H,15,16);2-4H,1H3;1-4H,(H,8,9);5H,3-4H2,1-2H3;2-3H2,1H3,(H,6,7);2H2,1H3;/q;;;;;;;;;+1/p-1. The molecule has 0 bridgehead atoms. The minimum Gasteiger partial charge on any atom is -0.550 e. The van der Waals surface area contributed by atoms with Crippen molar-refractivity contribution in [2.45, 2.75) is 219 Å². The molecule has 2 unspecified atom stereocenters. The van der Waals surface area contributed by atoms with Crippen molar-refractivity contribution < 1.29 is 153 Å². The fourth-order valence-corrected chi connectivity index (χ4v) is 10.4. The number of ketones is 1. The first-order valence-electron chi connectivity index (χ1n) is 38.5. The second-order valence-electron chi connectivity index (χ2n) is 27.1. The first-order chi connectivity index (χ1) is 54.7. The van der Waals surface area contributed by atoms with Gasteiger partial charge in [-0.25, -0.2) is 19.6 Å². The van der Waals surface area contributed by atoms with Crippen LogP contribution >= 0.6 is 43.5 Å². The van der Waals surface area contributed by atoms with Crippen LogP contribution in [0.1, 0.15) is 240 Å². The van der Waals surface area contributed by atoms with Gasteiger partial charge in [-0.2, -0.15) is 0 Å². The number of aliphatic carboxylic acids is 2. The van der Waals surface area contributed by atoms with Gasteiger partial charge in [0.1, 0.15) is 16.7 Å². The predicted molar refractivity (Wildman–Crippen MR) is 449 cm³/mol. The number of carboxylic acids is 3. The van der Waals surface area contributed by atoms with Crippen molar-refractivity contribution in [2.75, 3.05) is 51.6 Å². The zero-order valence-electron chi connectivity index (χ0n) is 72.0. The Labute approximate surface area is 755 Å². The van der Waals surface area contributed by atoms with Gasteiger partial charge in [0.25, 0.3) is 0 Å². The van der Waals surface area contributed by atoms with Crippen LogP contribution in [0.4, 0.5) is 4.79 Å². The van der Waals surface area contributed by atoms with Crippen LogP contribution in [0.2, 0.25) is 0 Å². The minimum atomic E-state index is -1.50. The number of Topliss-reactive ketones (excluding diaryl/α,β-unsaturated/α-hetero) is 1. The minimum absolute atomic E-state index is 0. The summed E-state index contributed by atoms with van der Waals surface area (Å²) in [6.07, 6.45) is 14.7. The third kappa shape index (κ3) is 55.5. The van der Waals surface area contributed by atoms with Crippen molar-refractivity contribution >= 4 is 108 Å². The van der Waals surface area contributed by atoms with Crippen molar-refractivity contribution in [1.82, 2.24) is 29.9 Å². The van der Waals surface area contributed by atoms with E-state index in [4.69, 9.17) is 45.5 Å². The molecule has 0 aromatic carbocycles. The third-order valence-electron chi connectivity index (χ3n) is 15.2. The Morgan fingerprint density at radius 2 is 0.829 bits per heavy atom. The molecule has 6 aromatic rings. The number of carboxylic acid groups (broad SMARTS) is 3. The second-order valence-corrected chi connectivity index (χ2v) is 29.0. The maximum atomic E-state index is 12.7. The van der Waals surface area contributed by atoms with E-state index in [1.54, 1.807) is 104 Å². The van der Waals surface area contributed by atoms with Gasteiger partial charge in [0.2, 0.25) is 5.41 Å². The molecule has 0 fully saturated rings. The molecule has 117 heavy (non-hydrogen) atoms. The maximum absolute atomic E-state index is 12.7. The molecule has 0 aliphatic carbocycles.